The molecular formula is C11H19ClO4. The van der Waals surface area contributed by atoms with Crippen LogP contribution in [0, 0.1) is 5.92 Å². The molecule has 0 saturated heterocycles. The van der Waals surface area contributed by atoms with Gasteiger partial charge >= 0.3 is 11.9 Å². The van der Waals surface area contributed by atoms with Crippen LogP contribution in [-0.4, -0.2) is 30.5 Å². The number of carbonyl (C=O) groups is 2. The van der Waals surface area contributed by atoms with Gasteiger partial charge in [0.2, 0.25) is 0 Å². The lowest BCUT2D eigenvalue weighted by molar-refractivity contribution is -0.150. The van der Waals surface area contributed by atoms with E-state index in [0.29, 0.717) is 12.5 Å². The van der Waals surface area contributed by atoms with Crippen molar-refractivity contribution in [3.8, 4) is 0 Å². The number of carbonyl (C=O) groups excluding carboxylic acids is 2. The molecule has 0 amide bonds. The fraction of sp³-hybridized carbons (Fsp3) is 0.818. The quantitative estimate of drug-likeness (QED) is 0.513. The molecule has 0 aliphatic heterocycles. The summed E-state index contributed by atoms with van der Waals surface area (Å²) in [7, 11) is 0. The van der Waals surface area contributed by atoms with Crippen LogP contribution in [0.4, 0.5) is 0 Å². The average molecular weight is 251 g/mol. The van der Waals surface area contributed by atoms with Crippen LogP contribution in [0.3, 0.4) is 0 Å². The first-order chi connectivity index (χ1) is 7.41. The zero-order valence-corrected chi connectivity index (χ0v) is 10.8. The van der Waals surface area contributed by atoms with Crippen molar-refractivity contribution in [3.63, 3.8) is 0 Å². The minimum atomic E-state index is -0.422. The van der Waals surface area contributed by atoms with E-state index >= 15 is 0 Å². The standard InChI is InChI=1S/C11H19ClO4/c1-8(2)6-15-10(13)4-5-11(14)16-7-9(3)12/h8-9H,4-7H2,1-3H3. The summed E-state index contributed by atoms with van der Waals surface area (Å²) < 4.78 is 9.71. The molecule has 0 spiro atoms. The largest absolute Gasteiger partial charge is 0.465 e. The Hall–Kier alpha value is -0.770. The summed E-state index contributed by atoms with van der Waals surface area (Å²) in [6.45, 7) is 6.17. The molecule has 0 N–H and O–H groups in total. The highest BCUT2D eigenvalue weighted by molar-refractivity contribution is 6.20. The Morgan fingerprint density at radius 1 is 1.00 bits per heavy atom. The van der Waals surface area contributed by atoms with Crippen molar-refractivity contribution in [1.82, 2.24) is 0 Å². The van der Waals surface area contributed by atoms with Crippen LogP contribution in [0.1, 0.15) is 33.6 Å². The second-order valence-electron chi connectivity index (χ2n) is 4.04. The number of hydrogen-bond acceptors (Lipinski definition) is 4. The number of alkyl halides is 1. The molecule has 0 rings (SSSR count). The molecule has 0 heterocycles. The summed E-state index contributed by atoms with van der Waals surface area (Å²) in [6.07, 6.45) is 0.1000. The van der Waals surface area contributed by atoms with Gasteiger partial charge in [0.05, 0.1) is 24.8 Å². The van der Waals surface area contributed by atoms with Crippen LogP contribution >= 0.6 is 11.6 Å². The third-order valence-electron chi connectivity index (χ3n) is 1.58. The van der Waals surface area contributed by atoms with Crippen molar-refractivity contribution in [2.75, 3.05) is 13.2 Å². The van der Waals surface area contributed by atoms with Crippen molar-refractivity contribution in [2.45, 2.75) is 39.0 Å². The Balaban J connectivity index is 3.55. The zero-order valence-electron chi connectivity index (χ0n) is 9.99. The summed E-state index contributed by atoms with van der Waals surface area (Å²) in [5.74, 6) is -0.494. The van der Waals surface area contributed by atoms with E-state index in [-0.39, 0.29) is 30.8 Å². The van der Waals surface area contributed by atoms with Crippen LogP contribution in [0.25, 0.3) is 0 Å². The molecule has 5 heteroatoms. The molecule has 0 aliphatic rings. The summed E-state index contributed by atoms with van der Waals surface area (Å²) >= 11 is 5.60. The molecule has 0 aromatic carbocycles. The minimum absolute atomic E-state index is 0.0422. The van der Waals surface area contributed by atoms with Gasteiger partial charge < -0.3 is 9.47 Å². The molecule has 0 bridgehead atoms. The number of esters is 2. The molecule has 0 aliphatic carbocycles. The Morgan fingerprint density at radius 3 is 1.81 bits per heavy atom. The molecule has 0 aromatic heterocycles. The highest BCUT2D eigenvalue weighted by atomic mass is 35.5. The highest BCUT2D eigenvalue weighted by Crippen LogP contribution is 2.01. The van der Waals surface area contributed by atoms with E-state index in [1.54, 1.807) is 6.92 Å². The first-order valence-electron chi connectivity index (χ1n) is 5.37. The van der Waals surface area contributed by atoms with E-state index in [2.05, 4.69) is 0 Å². The third kappa shape index (κ3) is 9.77. The smallest absolute Gasteiger partial charge is 0.306 e. The normalized spacial score (nSPS) is 12.3. The number of halogens is 1. The van der Waals surface area contributed by atoms with Gasteiger partial charge in [0, 0.05) is 0 Å². The van der Waals surface area contributed by atoms with E-state index < -0.39 is 5.97 Å². The predicted octanol–water partition coefficient (Wildman–Crippen LogP) is 2.14. The maximum atomic E-state index is 11.1. The fourth-order valence-electron chi connectivity index (χ4n) is 0.816. The number of rotatable bonds is 7. The molecule has 0 saturated carbocycles. The van der Waals surface area contributed by atoms with E-state index in [9.17, 15) is 9.59 Å². The lowest BCUT2D eigenvalue weighted by Gasteiger charge is -2.07. The topological polar surface area (TPSA) is 52.6 Å². The Morgan fingerprint density at radius 2 is 1.44 bits per heavy atom. The molecule has 1 unspecified atom stereocenters. The Bertz CT molecular complexity index is 202. The minimum Gasteiger partial charge on any atom is -0.465 e. The van der Waals surface area contributed by atoms with Gasteiger partial charge in [0.1, 0.15) is 6.61 Å². The van der Waals surface area contributed by atoms with Gasteiger partial charge in [-0.15, -0.1) is 11.6 Å². The first-order valence-corrected chi connectivity index (χ1v) is 5.80. The maximum absolute atomic E-state index is 11.1. The van der Waals surface area contributed by atoms with Crippen LogP contribution in [0.2, 0.25) is 0 Å². The second kappa shape index (κ2) is 8.39. The van der Waals surface area contributed by atoms with E-state index in [4.69, 9.17) is 21.1 Å². The van der Waals surface area contributed by atoms with Crippen molar-refractivity contribution in [2.24, 2.45) is 5.92 Å². The molecule has 94 valence electrons. The molecule has 16 heavy (non-hydrogen) atoms. The highest BCUT2D eigenvalue weighted by Gasteiger charge is 2.10. The molecular weight excluding hydrogens is 232 g/mol. The van der Waals surface area contributed by atoms with Crippen LogP contribution in [0.5, 0.6) is 0 Å². The van der Waals surface area contributed by atoms with E-state index in [1.807, 2.05) is 13.8 Å². The third-order valence-corrected chi connectivity index (χ3v) is 1.71. The fourth-order valence-corrected chi connectivity index (χ4v) is 0.879. The zero-order chi connectivity index (χ0) is 12.6. The SMILES string of the molecule is CC(C)COC(=O)CCC(=O)OCC(C)Cl. The predicted molar refractivity (Wildman–Crippen MR) is 61.3 cm³/mol. The molecule has 0 fully saturated rings. The maximum Gasteiger partial charge on any atom is 0.306 e. The lowest BCUT2D eigenvalue weighted by atomic mass is 10.2. The monoisotopic (exact) mass is 250 g/mol. The van der Waals surface area contributed by atoms with E-state index in [1.165, 1.54) is 0 Å². The van der Waals surface area contributed by atoms with E-state index in [0.717, 1.165) is 0 Å². The summed E-state index contributed by atoms with van der Waals surface area (Å²) in [4.78, 5) is 22.2. The molecule has 4 nitrogen and oxygen atoms in total. The van der Waals surface area contributed by atoms with Gasteiger partial charge in [-0.1, -0.05) is 13.8 Å². The Labute approximate surface area is 101 Å². The summed E-state index contributed by atoms with van der Waals surface area (Å²) in [5.41, 5.74) is 0. The molecule has 1 atom stereocenters. The van der Waals surface area contributed by atoms with Crippen LogP contribution in [0.15, 0.2) is 0 Å². The van der Waals surface area contributed by atoms with Crippen molar-refractivity contribution in [3.05, 3.63) is 0 Å². The van der Waals surface area contributed by atoms with Crippen LogP contribution in [-0.2, 0) is 19.1 Å². The number of ether oxygens (including phenoxy) is 2. The lowest BCUT2D eigenvalue weighted by Crippen LogP contribution is -2.15. The van der Waals surface area contributed by atoms with Gasteiger partial charge in [0.25, 0.3) is 0 Å². The van der Waals surface area contributed by atoms with Gasteiger partial charge in [-0.3, -0.25) is 9.59 Å². The molecule has 0 aromatic rings. The molecule has 0 radical (unpaired) electrons. The average Bonchev–Trinajstić information content (AvgIpc) is 2.20. The summed E-state index contributed by atoms with van der Waals surface area (Å²) in [6, 6.07) is 0. The van der Waals surface area contributed by atoms with Gasteiger partial charge in [0.15, 0.2) is 0 Å². The van der Waals surface area contributed by atoms with Gasteiger partial charge in [-0.2, -0.15) is 0 Å². The van der Waals surface area contributed by atoms with Gasteiger partial charge in [-0.25, -0.2) is 0 Å². The van der Waals surface area contributed by atoms with Gasteiger partial charge in [-0.05, 0) is 12.8 Å². The van der Waals surface area contributed by atoms with Crippen molar-refractivity contribution >= 4 is 23.5 Å². The van der Waals surface area contributed by atoms with Crippen LogP contribution < -0.4 is 0 Å². The van der Waals surface area contributed by atoms with Crippen molar-refractivity contribution < 1.29 is 19.1 Å². The number of hydrogen-bond donors (Lipinski definition) is 0. The second-order valence-corrected chi connectivity index (χ2v) is 4.79. The summed E-state index contributed by atoms with van der Waals surface area (Å²) in [5, 5.41) is -0.211. The Kier molecular flexibility index (Phi) is 7.99. The first kappa shape index (κ1) is 15.2. The van der Waals surface area contributed by atoms with Crippen molar-refractivity contribution in [1.29, 1.82) is 0 Å².